The van der Waals surface area contributed by atoms with E-state index in [-0.39, 0.29) is 5.91 Å². The van der Waals surface area contributed by atoms with Crippen LogP contribution in [0.15, 0.2) is 42.5 Å². The summed E-state index contributed by atoms with van der Waals surface area (Å²) in [5, 5.41) is 2.91. The fourth-order valence-electron chi connectivity index (χ4n) is 2.24. The number of benzene rings is 2. The number of anilines is 1. The van der Waals surface area contributed by atoms with Crippen molar-refractivity contribution in [2.24, 2.45) is 0 Å². The van der Waals surface area contributed by atoms with E-state index in [0.29, 0.717) is 23.0 Å². The van der Waals surface area contributed by atoms with E-state index in [1.165, 1.54) is 12.7 Å². The normalized spacial score (nSPS) is 10.4. The number of ether oxygens (including phenoxy) is 2. The monoisotopic (exact) mass is 299 g/mol. The van der Waals surface area contributed by atoms with Gasteiger partial charge >= 0.3 is 0 Å². The predicted octanol–water partition coefficient (Wildman–Crippen LogP) is 4.08. The van der Waals surface area contributed by atoms with E-state index < -0.39 is 0 Å². The molecule has 0 saturated heterocycles. The Kier molecular flexibility index (Phi) is 5.04. The Morgan fingerprint density at radius 3 is 2.41 bits per heavy atom. The molecule has 4 nitrogen and oxygen atoms in total. The highest BCUT2D eigenvalue weighted by Crippen LogP contribution is 2.31. The molecule has 0 aliphatic rings. The first-order chi connectivity index (χ1) is 10.6. The minimum atomic E-state index is -0.225. The highest BCUT2D eigenvalue weighted by atomic mass is 16.5. The van der Waals surface area contributed by atoms with Crippen LogP contribution in [0.2, 0.25) is 0 Å². The number of hydrogen-bond acceptors (Lipinski definition) is 3. The largest absolute Gasteiger partial charge is 0.493 e. The molecule has 0 aliphatic carbocycles. The maximum absolute atomic E-state index is 12.5. The zero-order chi connectivity index (χ0) is 16.1. The lowest BCUT2D eigenvalue weighted by molar-refractivity contribution is 0.102. The summed E-state index contributed by atoms with van der Waals surface area (Å²) in [5.41, 5.74) is 2.38. The summed E-state index contributed by atoms with van der Waals surface area (Å²) in [6.07, 6.45) is 0. The number of amides is 1. The Morgan fingerprint density at radius 2 is 1.77 bits per heavy atom. The number of carbonyl (C=O) groups is 1. The van der Waals surface area contributed by atoms with Crippen LogP contribution in [-0.2, 0) is 0 Å². The molecular formula is C18H21NO3. The topological polar surface area (TPSA) is 47.6 Å². The van der Waals surface area contributed by atoms with Gasteiger partial charge in [0.25, 0.3) is 5.91 Å². The molecule has 1 amide bonds. The fourth-order valence-corrected chi connectivity index (χ4v) is 2.24. The first-order valence-corrected chi connectivity index (χ1v) is 7.19. The second-order valence-corrected chi connectivity index (χ2v) is 5.28. The van der Waals surface area contributed by atoms with E-state index in [0.717, 1.165) is 5.69 Å². The predicted molar refractivity (Wildman–Crippen MR) is 88.0 cm³/mol. The van der Waals surface area contributed by atoms with Crippen LogP contribution in [0.4, 0.5) is 5.69 Å². The Morgan fingerprint density at radius 1 is 1.05 bits per heavy atom. The van der Waals surface area contributed by atoms with Crippen molar-refractivity contribution in [1.29, 1.82) is 0 Å². The molecule has 2 aromatic rings. The van der Waals surface area contributed by atoms with Crippen LogP contribution in [0.1, 0.15) is 35.7 Å². The molecule has 1 N–H and O–H groups in total. The van der Waals surface area contributed by atoms with Gasteiger partial charge in [0.2, 0.25) is 0 Å². The molecule has 0 aromatic heterocycles. The van der Waals surface area contributed by atoms with Gasteiger partial charge in [-0.05, 0) is 35.7 Å². The van der Waals surface area contributed by atoms with E-state index >= 15 is 0 Å². The fraction of sp³-hybridized carbons (Fsp3) is 0.278. The first-order valence-electron chi connectivity index (χ1n) is 7.19. The lowest BCUT2D eigenvalue weighted by Gasteiger charge is -2.13. The van der Waals surface area contributed by atoms with Crippen LogP contribution >= 0.6 is 0 Å². The molecule has 0 atom stereocenters. The number of rotatable bonds is 5. The molecular weight excluding hydrogens is 278 g/mol. The van der Waals surface area contributed by atoms with E-state index in [2.05, 4.69) is 19.2 Å². The second-order valence-electron chi connectivity index (χ2n) is 5.28. The van der Waals surface area contributed by atoms with Crippen molar-refractivity contribution < 1.29 is 14.3 Å². The summed E-state index contributed by atoms with van der Waals surface area (Å²) < 4.78 is 10.5. The second kappa shape index (κ2) is 6.98. The van der Waals surface area contributed by atoms with Crippen LogP contribution in [-0.4, -0.2) is 20.1 Å². The lowest BCUT2D eigenvalue weighted by Crippen LogP contribution is -2.13. The average Bonchev–Trinajstić information content (AvgIpc) is 2.54. The number of para-hydroxylation sites is 1. The minimum absolute atomic E-state index is 0.225. The van der Waals surface area contributed by atoms with Crippen molar-refractivity contribution >= 4 is 11.6 Å². The molecule has 0 saturated carbocycles. The lowest BCUT2D eigenvalue weighted by atomic mass is 10.0. The summed E-state index contributed by atoms with van der Waals surface area (Å²) in [6, 6.07) is 13.1. The van der Waals surface area contributed by atoms with Gasteiger partial charge in [-0.1, -0.05) is 32.0 Å². The highest BCUT2D eigenvalue weighted by molar-refractivity contribution is 6.06. The van der Waals surface area contributed by atoms with E-state index in [9.17, 15) is 4.79 Å². The van der Waals surface area contributed by atoms with Gasteiger partial charge in [-0.2, -0.15) is 0 Å². The SMILES string of the molecule is COc1cccc(C(=O)Nc2cccc(C(C)C)c2)c1OC. The Hall–Kier alpha value is -2.49. The molecule has 4 heteroatoms. The minimum Gasteiger partial charge on any atom is -0.493 e. The quantitative estimate of drug-likeness (QED) is 0.905. The molecule has 2 rings (SSSR count). The molecule has 0 unspecified atom stereocenters. The zero-order valence-electron chi connectivity index (χ0n) is 13.3. The van der Waals surface area contributed by atoms with Gasteiger partial charge in [-0.3, -0.25) is 4.79 Å². The Bertz CT molecular complexity index is 665. The maximum Gasteiger partial charge on any atom is 0.259 e. The van der Waals surface area contributed by atoms with Crippen molar-refractivity contribution in [1.82, 2.24) is 0 Å². The third kappa shape index (κ3) is 3.39. The molecule has 116 valence electrons. The van der Waals surface area contributed by atoms with Gasteiger partial charge in [-0.25, -0.2) is 0 Å². The number of hydrogen-bond donors (Lipinski definition) is 1. The summed E-state index contributed by atoms with van der Waals surface area (Å²) in [5.74, 6) is 1.15. The van der Waals surface area contributed by atoms with Crippen LogP contribution in [0, 0.1) is 0 Å². The van der Waals surface area contributed by atoms with Crippen molar-refractivity contribution in [2.45, 2.75) is 19.8 Å². The van der Waals surface area contributed by atoms with Crippen LogP contribution in [0.5, 0.6) is 11.5 Å². The molecule has 0 radical (unpaired) electrons. The Balaban J connectivity index is 2.28. The van der Waals surface area contributed by atoms with E-state index in [1.807, 2.05) is 24.3 Å². The Labute approximate surface area is 131 Å². The number of nitrogens with one attached hydrogen (secondary N) is 1. The van der Waals surface area contributed by atoms with Crippen LogP contribution < -0.4 is 14.8 Å². The molecule has 22 heavy (non-hydrogen) atoms. The van der Waals surface area contributed by atoms with Crippen molar-refractivity contribution in [3.8, 4) is 11.5 Å². The van der Waals surface area contributed by atoms with Gasteiger partial charge in [0.15, 0.2) is 11.5 Å². The molecule has 0 heterocycles. The van der Waals surface area contributed by atoms with Crippen molar-refractivity contribution in [3.05, 3.63) is 53.6 Å². The number of methoxy groups -OCH3 is 2. The first kappa shape index (κ1) is 15.9. The van der Waals surface area contributed by atoms with Gasteiger partial charge in [0, 0.05) is 5.69 Å². The number of carbonyl (C=O) groups excluding carboxylic acids is 1. The van der Waals surface area contributed by atoms with E-state index in [4.69, 9.17) is 9.47 Å². The summed E-state index contributed by atoms with van der Waals surface area (Å²) in [6.45, 7) is 4.23. The van der Waals surface area contributed by atoms with Gasteiger partial charge in [0.05, 0.1) is 19.8 Å². The van der Waals surface area contributed by atoms with Gasteiger partial charge in [0.1, 0.15) is 0 Å². The molecule has 0 spiro atoms. The van der Waals surface area contributed by atoms with E-state index in [1.54, 1.807) is 25.3 Å². The standard InChI is InChI=1S/C18H21NO3/c1-12(2)13-7-5-8-14(11-13)19-18(20)15-9-6-10-16(21-3)17(15)22-4/h5-12H,1-4H3,(H,19,20). The zero-order valence-corrected chi connectivity index (χ0v) is 13.3. The molecule has 0 fully saturated rings. The summed E-state index contributed by atoms with van der Waals surface area (Å²) in [4.78, 5) is 12.5. The van der Waals surface area contributed by atoms with Crippen molar-refractivity contribution in [3.63, 3.8) is 0 Å². The smallest absolute Gasteiger partial charge is 0.259 e. The maximum atomic E-state index is 12.5. The van der Waals surface area contributed by atoms with Crippen LogP contribution in [0.25, 0.3) is 0 Å². The molecule has 2 aromatic carbocycles. The van der Waals surface area contributed by atoms with Gasteiger partial charge < -0.3 is 14.8 Å². The van der Waals surface area contributed by atoms with Crippen LogP contribution in [0.3, 0.4) is 0 Å². The molecule has 0 aliphatic heterocycles. The highest BCUT2D eigenvalue weighted by Gasteiger charge is 2.16. The molecule has 0 bridgehead atoms. The van der Waals surface area contributed by atoms with Crippen molar-refractivity contribution in [2.75, 3.05) is 19.5 Å². The third-order valence-corrected chi connectivity index (χ3v) is 3.46. The average molecular weight is 299 g/mol. The summed E-state index contributed by atoms with van der Waals surface area (Å²) in [7, 11) is 3.07. The third-order valence-electron chi connectivity index (χ3n) is 3.46. The summed E-state index contributed by atoms with van der Waals surface area (Å²) >= 11 is 0. The van der Waals surface area contributed by atoms with Gasteiger partial charge in [-0.15, -0.1) is 0 Å².